The van der Waals surface area contributed by atoms with Gasteiger partial charge in [-0.3, -0.25) is 4.79 Å². The van der Waals surface area contributed by atoms with E-state index in [0.29, 0.717) is 6.42 Å². The highest BCUT2D eigenvalue weighted by molar-refractivity contribution is 5.78. The normalized spacial score (nSPS) is 12.0. The second-order valence-electron chi connectivity index (χ2n) is 7.35. The Bertz CT molecular complexity index is 341. The number of carbonyl (C=O) groups is 2. The maximum atomic E-state index is 11.6. The first-order valence-corrected chi connectivity index (χ1v) is 10.9. The molecule has 26 heavy (non-hydrogen) atoms. The molecule has 0 fully saturated rings. The van der Waals surface area contributed by atoms with Crippen LogP contribution in [0.4, 0.5) is 0 Å². The standard InChI is InChI=1S/C22H42O4/c1-4-5-6-7-8-9-10-11-12-13-14-15-16-17-18-19-21(23)26-20(2)22(24)25-3/h20H,4-19H2,1-3H3/t20-/m0/s1. The number of unbranched alkanes of at least 4 members (excludes halogenated alkanes) is 14. The van der Waals surface area contributed by atoms with E-state index < -0.39 is 12.1 Å². The molecule has 0 heterocycles. The van der Waals surface area contributed by atoms with Gasteiger partial charge >= 0.3 is 11.9 Å². The minimum atomic E-state index is -0.802. The molecule has 0 amide bonds. The lowest BCUT2D eigenvalue weighted by Gasteiger charge is -2.10. The Kier molecular flexibility index (Phi) is 18.0. The summed E-state index contributed by atoms with van der Waals surface area (Å²) in [6.07, 6.45) is 19.1. The van der Waals surface area contributed by atoms with Crippen molar-refractivity contribution in [1.82, 2.24) is 0 Å². The molecule has 0 rings (SSSR count). The van der Waals surface area contributed by atoms with E-state index in [2.05, 4.69) is 11.7 Å². The summed E-state index contributed by atoms with van der Waals surface area (Å²) in [6, 6.07) is 0. The maximum Gasteiger partial charge on any atom is 0.346 e. The molecule has 0 aromatic heterocycles. The summed E-state index contributed by atoms with van der Waals surface area (Å²) in [6.45, 7) is 3.80. The predicted molar refractivity (Wildman–Crippen MR) is 107 cm³/mol. The molecule has 1 atom stereocenters. The summed E-state index contributed by atoms with van der Waals surface area (Å²) < 4.78 is 9.54. The molecule has 0 aromatic carbocycles. The fourth-order valence-electron chi connectivity index (χ4n) is 3.11. The second-order valence-corrected chi connectivity index (χ2v) is 7.35. The van der Waals surface area contributed by atoms with Crippen molar-refractivity contribution in [2.24, 2.45) is 0 Å². The monoisotopic (exact) mass is 370 g/mol. The van der Waals surface area contributed by atoms with Crippen LogP contribution >= 0.6 is 0 Å². The van der Waals surface area contributed by atoms with Gasteiger partial charge in [0, 0.05) is 6.42 Å². The molecule has 0 spiro atoms. The first-order chi connectivity index (χ1) is 12.6. The quantitative estimate of drug-likeness (QED) is 0.208. The average molecular weight is 371 g/mol. The van der Waals surface area contributed by atoms with Crippen LogP contribution in [0.1, 0.15) is 117 Å². The van der Waals surface area contributed by atoms with Gasteiger partial charge in [-0.1, -0.05) is 96.8 Å². The zero-order chi connectivity index (χ0) is 19.5. The first kappa shape index (κ1) is 24.9. The summed E-state index contributed by atoms with van der Waals surface area (Å²) in [4.78, 5) is 22.7. The number of hydrogen-bond donors (Lipinski definition) is 0. The minimum absolute atomic E-state index is 0.308. The molecule has 4 nitrogen and oxygen atoms in total. The fourth-order valence-corrected chi connectivity index (χ4v) is 3.11. The summed E-state index contributed by atoms with van der Waals surface area (Å²) in [5.41, 5.74) is 0. The lowest BCUT2D eigenvalue weighted by Crippen LogP contribution is -2.25. The van der Waals surface area contributed by atoms with Crippen molar-refractivity contribution >= 4 is 11.9 Å². The highest BCUT2D eigenvalue weighted by Crippen LogP contribution is 2.14. The Morgan fingerprint density at radius 1 is 0.692 bits per heavy atom. The summed E-state index contributed by atoms with van der Waals surface area (Å²) >= 11 is 0. The smallest absolute Gasteiger partial charge is 0.346 e. The van der Waals surface area contributed by atoms with Crippen LogP contribution < -0.4 is 0 Å². The van der Waals surface area contributed by atoms with Crippen molar-refractivity contribution in [3.05, 3.63) is 0 Å². The van der Waals surface area contributed by atoms with Crippen LogP contribution in [-0.2, 0) is 19.1 Å². The number of rotatable bonds is 18. The molecule has 0 aromatic rings. The van der Waals surface area contributed by atoms with Gasteiger partial charge in [-0.2, -0.15) is 0 Å². The van der Waals surface area contributed by atoms with Crippen LogP contribution in [0.3, 0.4) is 0 Å². The molecule has 0 bridgehead atoms. The van der Waals surface area contributed by atoms with E-state index in [-0.39, 0.29) is 5.97 Å². The molecule has 0 aliphatic carbocycles. The topological polar surface area (TPSA) is 52.6 Å². The number of methoxy groups -OCH3 is 1. The zero-order valence-electron chi connectivity index (χ0n) is 17.5. The van der Waals surface area contributed by atoms with Crippen LogP contribution in [-0.4, -0.2) is 25.2 Å². The SMILES string of the molecule is CCCCCCCCCCCCCCCCCC(=O)O[C@@H](C)C(=O)OC. The molecule has 0 saturated heterocycles. The van der Waals surface area contributed by atoms with Crippen LogP contribution in [0.2, 0.25) is 0 Å². The van der Waals surface area contributed by atoms with Gasteiger partial charge in [0.2, 0.25) is 0 Å². The number of carbonyl (C=O) groups excluding carboxylic acids is 2. The Morgan fingerprint density at radius 2 is 1.08 bits per heavy atom. The van der Waals surface area contributed by atoms with E-state index in [1.54, 1.807) is 0 Å². The molecule has 0 aliphatic heterocycles. The molecule has 0 N–H and O–H groups in total. The number of ether oxygens (including phenoxy) is 2. The van der Waals surface area contributed by atoms with Gasteiger partial charge in [0.05, 0.1) is 7.11 Å². The van der Waals surface area contributed by atoms with Crippen molar-refractivity contribution in [2.75, 3.05) is 7.11 Å². The Balaban J connectivity index is 3.24. The summed E-state index contributed by atoms with van der Waals surface area (Å²) in [7, 11) is 1.29. The number of esters is 2. The molecule has 0 unspecified atom stereocenters. The van der Waals surface area contributed by atoms with Gasteiger partial charge in [-0.25, -0.2) is 4.79 Å². The van der Waals surface area contributed by atoms with Gasteiger partial charge in [0.1, 0.15) is 0 Å². The van der Waals surface area contributed by atoms with Gasteiger partial charge < -0.3 is 9.47 Å². The van der Waals surface area contributed by atoms with Crippen molar-refractivity contribution in [1.29, 1.82) is 0 Å². The van der Waals surface area contributed by atoms with E-state index in [0.717, 1.165) is 12.8 Å². The third kappa shape index (κ3) is 16.4. The molecule has 154 valence electrons. The molecular formula is C22H42O4. The average Bonchev–Trinajstić information content (AvgIpc) is 2.64. The van der Waals surface area contributed by atoms with E-state index >= 15 is 0 Å². The largest absolute Gasteiger partial charge is 0.466 e. The third-order valence-corrected chi connectivity index (χ3v) is 4.83. The lowest BCUT2D eigenvalue weighted by atomic mass is 10.0. The van der Waals surface area contributed by atoms with Gasteiger partial charge in [0.15, 0.2) is 6.10 Å². The Hall–Kier alpha value is -1.06. The third-order valence-electron chi connectivity index (χ3n) is 4.83. The van der Waals surface area contributed by atoms with E-state index in [1.165, 1.54) is 97.5 Å². The zero-order valence-corrected chi connectivity index (χ0v) is 17.5. The highest BCUT2D eigenvalue weighted by atomic mass is 16.6. The predicted octanol–water partition coefficient (Wildman–Crippen LogP) is 6.35. The van der Waals surface area contributed by atoms with E-state index in [9.17, 15) is 9.59 Å². The summed E-state index contributed by atoms with van der Waals surface area (Å²) in [5, 5.41) is 0. The van der Waals surface area contributed by atoms with Crippen molar-refractivity contribution in [3.63, 3.8) is 0 Å². The van der Waals surface area contributed by atoms with Crippen LogP contribution in [0.5, 0.6) is 0 Å². The van der Waals surface area contributed by atoms with Crippen molar-refractivity contribution < 1.29 is 19.1 Å². The lowest BCUT2D eigenvalue weighted by molar-refractivity contribution is -0.164. The van der Waals surface area contributed by atoms with Crippen molar-refractivity contribution in [2.45, 2.75) is 123 Å². The number of hydrogen-bond acceptors (Lipinski definition) is 4. The van der Waals surface area contributed by atoms with E-state index in [4.69, 9.17) is 4.74 Å². The molecule has 4 heteroatoms. The van der Waals surface area contributed by atoms with Gasteiger partial charge in [-0.05, 0) is 13.3 Å². The second kappa shape index (κ2) is 18.7. The van der Waals surface area contributed by atoms with Crippen LogP contribution in [0.25, 0.3) is 0 Å². The highest BCUT2D eigenvalue weighted by Gasteiger charge is 2.17. The molecule has 0 aliphatic rings. The van der Waals surface area contributed by atoms with Gasteiger partial charge in [-0.15, -0.1) is 0 Å². The minimum Gasteiger partial charge on any atom is -0.466 e. The molecule has 0 saturated carbocycles. The maximum absolute atomic E-state index is 11.6. The Morgan fingerprint density at radius 3 is 1.46 bits per heavy atom. The summed E-state index contributed by atoms with van der Waals surface area (Å²) in [5.74, 6) is -0.813. The van der Waals surface area contributed by atoms with Crippen LogP contribution in [0.15, 0.2) is 0 Å². The molecular weight excluding hydrogens is 328 g/mol. The van der Waals surface area contributed by atoms with E-state index in [1.807, 2.05) is 0 Å². The Labute approximate surface area is 161 Å². The van der Waals surface area contributed by atoms with Crippen molar-refractivity contribution in [3.8, 4) is 0 Å². The first-order valence-electron chi connectivity index (χ1n) is 10.9. The fraction of sp³-hybridized carbons (Fsp3) is 0.909. The molecule has 0 radical (unpaired) electrons. The van der Waals surface area contributed by atoms with Gasteiger partial charge in [0.25, 0.3) is 0 Å². The van der Waals surface area contributed by atoms with Crippen LogP contribution in [0, 0.1) is 0 Å².